The first-order valence-electron chi connectivity index (χ1n) is 7.89. The highest BCUT2D eigenvalue weighted by molar-refractivity contribution is 5.85. The minimum atomic E-state index is -0.113. The first-order chi connectivity index (χ1) is 9.70. The lowest BCUT2D eigenvalue weighted by Gasteiger charge is -2.47. The fraction of sp³-hybridized carbons (Fsp3) is 0.611. The zero-order valence-corrected chi connectivity index (χ0v) is 12.3. The molecule has 0 heterocycles. The van der Waals surface area contributed by atoms with Crippen molar-refractivity contribution in [1.82, 2.24) is 0 Å². The van der Waals surface area contributed by atoms with Crippen molar-refractivity contribution in [1.29, 1.82) is 0 Å². The quantitative estimate of drug-likeness (QED) is 0.827. The van der Waals surface area contributed by atoms with Gasteiger partial charge in [0.2, 0.25) is 0 Å². The Balaban J connectivity index is 1.68. The average molecular weight is 272 g/mol. The summed E-state index contributed by atoms with van der Waals surface area (Å²) in [6.07, 6.45) is 6.53. The van der Waals surface area contributed by atoms with Crippen molar-refractivity contribution in [3.8, 4) is 0 Å². The molecule has 2 aliphatic rings. The molecule has 3 rings (SSSR count). The van der Waals surface area contributed by atoms with Crippen LogP contribution < -0.4 is 0 Å². The topological polar surface area (TPSA) is 26.3 Å². The van der Waals surface area contributed by atoms with Gasteiger partial charge in [0.25, 0.3) is 0 Å². The molecule has 108 valence electrons. The van der Waals surface area contributed by atoms with Crippen LogP contribution in [0.15, 0.2) is 30.3 Å². The Hall–Kier alpha value is -1.15. The van der Waals surface area contributed by atoms with Gasteiger partial charge in [-0.15, -0.1) is 0 Å². The maximum absolute atomic E-state index is 12.3. The van der Waals surface area contributed by atoms with Crippen LogP contribution in [0, 0.1) is 11.3 Å². The molecule has 0 N–H and O–H groups in total. The molecule has 1 aromatic rings. The first-order valence-corrected chi connectivity index (χ1v) is 7.89. The van der Waals surface area contributed by atoms with E-state index < -0.39 is 0 Å². The number of ether oxygens (including phenoxy) is 1. The van der Waals surface area contributed by atoms with Crippen molar-refractivity contribution in [2.24, 2.45) is 11.3 Å². The summed E-state index contributed by atoms with van der Waals surface area (Å²) in [4.78, 5) is 12.3. The van der Waals surface area contributed by atoms with Crippen molar-refractivity contribution in [3.63, 3.8) is 0 Å². The van der Waals surface area contributed by atoms with E-state index in [1.807, 2.05) is 18.2 Å². The van der Waals surface area contributed by atoms with Crippen LogP contribution in [0.1, 0.15) is 51.0 Å². The SMILES string of the molecule is CC12CCC[C@@H](OCc3ccccc3)[C@@H]1CCCC2=O. The second-order valence-corrected chi connectivity index (χ2v) is 6.57. The Morgan fingerprint density at radius 3 is 2.80 bits per heavy atom. The minimum Gasteiger partial charge on any atom is -0.373 e. The van der Waals surface area contributed by atoms with Crippen LogP contribution in [0.5, 0.6) is 0 Å². The van der Waals surface area contributed by atoms with E-state index in [2.05, 4.69) is 19.1 Å². The van der Waals surface area contributed by atoms with Crippen LogP contribution in [-0.2, 0) is 16.1 Å². The van der Waals surface area contributed by atoms with Gasteiger partial charge >= 0.3 is 0 Å². The number of benzene rings is 1. The molecule has 0 saturated heterocycles. The lowest BCUT2D eigenvalue weighted by atomic mass is 9.59. The summed E-state index contributed by atoms with van der Waals surface area (Å²) < 4.78 is 6.20. The van der Waals surface area contributed by atoms with Gasteiger partial charge in [-0.3, -0.25) is 4.79 Å². The summed E-state index contributed by atoms with van der Waals surface area (Å²) in [6, 6.07) is 10.3. The van der Waals surface area contributed by atoms with E-state index in [0.29, 0.717) is 18.3 Å². The van der Waals surface area contributed by atoms with Gasteiger partial charge < -0.3 is 4.74 Å². The van der Waals surface area contributed by atoms with Gasteiger partial charge in [-0.2, -0.15) is 0 Å². The lowest BCUT2D eigenvalue weighted by molar-refractivity contribution is -0.147. The fourth-order valence-electron chi connectivity index (χ4n) is 4.06. The highest BCUT2D eigenvalue weighted by Crippen LogP contribution is 2.49. The third-order valence-electron chi connectivity index (χ3n) is 5.31. The van der Waals surface area contributed by atoms with Gasteiger partial charge in [0, 0.05) is 11.8 Å². The molecule has 3 atom stereocenters. The van der Waals surface area contributed by atoms with Crippen molar-refractivity contribution in [3.05, 3.63) is 35.9 Å². The van der Waals surface area contributed by atoms with Crippen LogP contribution >= 0.6 is 0 Å². The standard InChI is InChI=1S/C18H24O2/c1-18-12-6-10-16(15(18)9-5-11-17(18)19)20-13-14-7-3-2-4-8-14/h2-4,7-8,15-16H,5-6,9-13H2,1H3/t15-,16+,18?/m0/s1. The van der Waals surface area contributed by atoms with Crippen LogP contribution in [0.3, 0.4) is 0 Å². The molecule has 0 aromatic heterocycles. The highest BCUT2D eigenvalue weighted by atomic mass is 16.5. The third kappa shape index (κ3) is 2.54. The maximum atomic E-state index is 12.3. The number of rotatable bonds is 3. The molecular weight excluding hydrogens is 248 g/mol. The number of hydrogen-bond donors (Lipinski definition) is 0. The second kappa shape index (κ2) is 5.69. The van der Waals surface area contributed by atoms with E-state index in [0.717, 1.165) is 38.5 Å². The van der Waals surface area contributed by atoms with Crippen LogP contribution in [0.25, 0.3) is 0 Å². The zero-order valence-electron chi connectivity index (χ0n) is 12.3. The summed E-state index contributed by atoms with van der Waals surface area (Å²) in [6.45, 7) is 2.85. The molecule has 2 fully saturated rings. The van der Waals surface area contributed by atoms with E-state index >= 15 is 0 Å². The molecule has 0 bridgehead atoms. The second-order valence-electron chi connectivity index (χ2n) is 6.57. The van der Waals surface area contributed by atoms with Gasteiger partial charge in [-0.25, -0.2) is 0 Å². The molecule has 0 aliphatic heterocycles. The fourth-order valence-corrected chi connectivity index (χ4v) is 4.06. The molecule has 1 unspecified atom stereocenters. The molecule has 2 aliphatic carbocycles. The molecule has 0 radical (unpaired) electrons. The van der Waals surface area contributed by atoms with Crippen LogP contribution in [0.2, 0.25) is 0 Å². The molecule has 2 heteroatoms. The van der Waals surface area contributed by atoms with E-state index in [9.17, 15) is 4.79 Å². The number of Topliss-reactive ketones (excluding diaryl/α,β-unsaturated/α-hetero) is 1. The summed E-state index contributed by atoms with van der Waals surface area (Å²) in [5.74, 6) is 0.906. The maximum Gasteiger partial charge on any atom is 0.139 e. The van der Waals surface area contributed by atoms with Gasteiger partial charge in [-0.05, 0) is 43.6 Å². The van der Waals surface area contributed by atoms with Crippen molar-refractivity contribution in [2.75, 3.05) is 0 Å². The third-order valence-corrected chi connectivity index (χ3v) is 5.31. The summed E-state index contributed by atoms with van der Waals surface area (Å²) >= 11 is 0. The molecule has 0 spiro atoms. The normalized spacial score (nSPS) is 33.8. The predicted molar refractivity (Wildman–Crippen MR) is 79.3 cm³/mol. The molecule has 0 amide bonds. The summed E-state index contributed by atoms with van der Waals surface area (Å²) in [5, 5.41) is 0. The zero-order chi connectivity index (χ0) is 14.0. The van der Waals surface area contributed by atoms with Gasteiger partial charge in [0.1, 0.15) is 5.78 Å². The van der Waals surface area contributed by atoms with Crippen LogP contribution in [0.4, 0.5) is 0 Å². The van der Waals surface area contributed by atoms with Crippen LogP contribution in [-0.4, -0.2) is 11.9 Å². The Kier molecular flexibility index (Phi) is 3.93. The predicted octanol–water partition coefficient (Wildman–Crippen LogP) is 4.13. The molecule has 1 aromatic carbocycles. The molecule has 2 nitrogen and oxygen atoms in total. The smallest absolute Gasteiger partial charge is 0.139 e. The van der Waals surface area contributed by atoms with Gasteiger partial charge in [0.05, 0.1) is 12.7 Å². The summed E-state index contributed by atoms with van der Waals surface area (Å²) in [7, 11) is 0. The highest BCUT2D eigenvalue weighted by Gasteiger charge is 2.48. The Morgan fingerprint density at radius 2 is 2.00 bits per heavy atom. The van der Waals surface area contributed by atoms with Gasteiger partial charge in [-0.1, -0.05) is 37.3 Å². The molecule has 20 heavy (non-hydrogen) atoms. The number of carbonyl (C=O) groups is 1. The molecule has 2 saturated carbocycles. The van der Waals surface area contributed by atoms with E-state index in [1.165, 1.54) is 5.56 Å². The Morgan fingerprint density at radius 1 is 1.20 bits per heavy atom. The van der Waals surface area contributed by atoms with Crippen molar-refractivity contribution < 1.29 is 9.53 Å². The largest absolute Gasteiger partial charge is 0.373 e. The minimum absolute atomic E-state index is 0.113. The number of ketones is 1. The first kappa shape index (κ1) is 13.8. The number of hydrogen-bond acceptors (Lipinski definition) is 2. The van der Waals surface area contributed by atoms with Crippen molar-refractivity contribution >= 4 is 5.78 Å². The lowest BCUT2D eigenvalue weighted by Crippen LogP contribution is -2.48. The monoisotopic (exact) mass is 272 g/mol. The van der Waals surface area contributed by atoms with Gasteiger partial charge in [0.15, 0.2) is 0 Å². The molecular formula is C18H24O2. The number of fused-ring (bicyclic) bond motifs is 1. The number of carbonyl (C=O) groups excluding carboxylic acids is 1. The Bertz CT molecular complexity index is 468. The Labute approximate surface area is 121 Å². The van der Waals surface area contributed by atoms with E-state index in [-0.39, 0.29) is 11.5 Å². The van der Waals surface area contributed by atoms with Crippen molar-refractivity contribution in [2.45, 2.75) is 58.2 Å². The summed E-state index contributed by atoms with van der Waals surface area (Å²) in [5.41, 5.74) is 1.11. The van der Waals surface area contributed by atoms with E-state index in [1.54, 1.807) is 0 Å². The van der Waals surface area contributed by atoms with E-state index in [4.69, 9.17) is 4.74 Å². The average Bonchev–Trinajstić information content (AvgIpc) is 2.47.